The van der Waals surface area contributed by atoms with E-state index >= 15 is 4.39 Å². The van der Waals surface area contributed by atoms with Crippen LogP contribution in [-0.4, -0.2) is 50.0 Å². The van der Waals surface area contributed by atoms with Gasteiger partial charge < -0.3 is 4.90 Å². The van der Waals surface area contributed by atoms with Gasteiger partial charge in [0.05, 0.1) is 6.04 Å². The second kappa shape index (κ2) is 8.92. The minimum atomic E-state index is -4.36. The van der Waals surface area contributed by atoms with Gasteiger partial charge in [-0.15, -0.1) is 0 Å². The Balaban J connectivity index is 1.76. The fourth-order valence-electron chi connectivity index (χ4n) is 4.78. The van der Waals surface area contributed by atoms with E-state index in [4.69, 9.17) is 0 Å². The van der Waals surface area contributed by atoms with Gasteiger partial charge in [-0.2, -0.15) is 0 Å². The number of nitrogens with one attached hydrogen (secondary N) is 1. The Labute approximate surface area is 194 Å². The molecule has 1 aliphatic heterocycles. The summed E-state index contributed by atoms with van der Waals surface area (Å²) in [4.78, 5) is 13.7. The highest BCUT2D eigenvalue weighted by Gasteiger charge is 2.61. The number of nitrogens with zero attached hydrogens (tertiary/aromatic N) is 1. The molecule has 2 aromatic rings. The summed E-state index contributed by atoms with van der Waals surface area (Å²) >= 11 is 0. The van der Waals surface area contributed by atoms with Crippen molar-refractivity contribution in [2.45, 2.75) is 44.4 Å². The molecule has 2 aliphatic rings. The average molecular weight is 503 g/mol. The molecule has 4 rings (SSSR count). The van der Waals surface area contributed by atoms with E-state index in [2.05, 4.69) is 4.72 Å². The molecule has 1 spiro atoms. The summed E-state index contributed by atoms with van der Waals surface area (Å²) in [5.41, 5.74) is -1.06. The Bertz CT molecular complexity index is 1220. The van der Waals surface area contributed by atoms with Gasteiger partial charge in [0.1, 0.15) is 17.5 Å². The Hall–Kier alpha value is -2.53. The van der Waals surface area contributed by atoms with Crippen LogP contribution in [0.4, 0.5) is 22.0 Å². The minimum Gasteiger partial charge on any atom is -0.335 e. The van der Waals surface area contributed by atoms with Crippen LogP contribution in [0.15, 0.2) is 36.4 Å². The number of carbonyl (C=O) groups is 1. The number of benzene rings is 2. The standard InChI is InChI=1S/C23H23F5N2O3S/c1-13(25)22(31)30-11-23(5-6-23)21(29-34(32,33)12-24)19(30)9-15-8-17(27)10-18(20(15)28)14-3-2-4-16(26)7-14/h2-4,7-8,10,13,19,21,29H,5-6,9,11-12H2,1H3/t13-,19+,21-/m1/s1. The lowest BCUT2D eigenvalue weighted by molar-refractivity contribution is -0.137. The number of rotatable bonds is 7. The highest BCUT2D eigenvalue weighted by Crippen LogP contribution is 2.55. The monoisotopic (exact) mass is 502 g/mol. The number of sulfonamides is 1. The molecule has 0 aromatic heterocycles. The predicted molar refractivity (Wildman–Crippen MR) is 115 cm³/mol. The van der Waals surface area contributed by atoms with E-state index in [0.29, 0.717) is 12.8 Å². The highest BCUT2D eigenvalue weighted by molar-refractivity contribution is 7.89. The zero-order valence-corrected chi connectivity index (χ0v) is 19.0. The molecule has 184 valence electrons. The zero-order chi connectivity index (χ0) is 24.8. The number of alkyl halides is 2. The topological polar surface area (TPSA) is 66.5 Å². The summed E-state index contributed by atoms with van der Waals surface area (Å²) in [5.74, 6) is -3.27. The molecule has 1 saturated carbocycles. The van der Waals surface area contributed by atoms with Crippen molar-refractivity contribution < 1.29 is 35.2 Å². The fraction of sp³-hybridized carbons (Fsp3) is 0.435. The summed E-state index contributed by atoms with van der Waals surface area (Å²) in [6.45, 7) is 1.04. The first kappa shape index (κ1) is 24.6. The first-order chi connectivity index (χ1) is 16.0. The highest BCUT2D eigenvalue weighted by atomic mass is 32.2. The van der Waals surface area contributed by atoms with Crippen LogP contribution in [0, 0.1) is 22.9 Å². The molecule has 1 heterocycles. The molecule has 2 fully saturated rings. The molecular weight excluding hydrogens is 479 g/mol. The van der Waals surface area contributed by atoms with Gasteiger partial charge in [0, 0.05) is 23.6 Å². The molecule has 1 amide bonds. The summed E-state index contributed by atoms with van der Waals surface area (Å²) in [6, 6.07) is 2.96. The van der Waals surface area contributed by atoms with Crippen molar-refractivity contribution in [1.29, 1.82) is 0 Å². The van der Waals surface area contributed by atoms with Crippen molar-refractivity contribution in [2.24, 2.45) is 5.41 Å². The van der Waals surface area contributed by atoms with Gasteiger partial charge in [-0.1, -0.05) is 12.1 Å². The third-order valence-corrected chi connectivity index (χ3v) is 7.47. The maximum atomic E-state index is 15.5. The first-order valence-electron chi connectivity index (χ1n) is 10.7. The van der Waals surface area contributed by atoms with Crippen LogP contribution in [0.2, 0.25) is 0 Å². The molecule has 2 aromatic carbocycles. The second-order valence-electron chi connectivity index (χ2n) is 8.97. The number of halogens is 5. The largest absolute Gasteiger partial charge is 0.335 e. The normalized spacial score (nSPS) is 22.2. The SMILES string of the molecule is C[C@@H](F)C(=O)N1CC2(CC2)[C@H](NS(=O)(=O)CF)[C@@H]1Cc1cc(F)cc(-c2cccc(F)c2)c1F. The van der Waals surface area contributed by atoms with Crippen molar-refractivity contribution in [2.75, 3.05) is 12.6 Å². The van der Waals surface area contributed by atoms with Gasteiger partial charge in [-0.25, -0.2) is 35.1 Å². The third kappa shape index (κ3) is 4.68. The lowest BCUT2D eigenvalue weighted by Crippen LogP contribution is -2.51. The van der Waals surface area contributed by atoms with Crippen molar-refractivity contribution in [3.05, 3.63) is 59.4 Å². The number of hydrogen-bond acceptors (Lipinski definition) is 3. The maximum Gasteiger partial charge on any atom is 0.257 e. The molecule has 11 heteroatoms. The molecule has 5 nitrogen and oxygen atoms in total. The summed E-state index contributed by atoms with van der Waals surface area (Å²) in [6.07, 6.45) is -1.25. The van der Waals surface area contributed by atoms with E-state index in [0.717, 1.165) is 36.1 Å². The van der Waals surface area contributed by atoms with Crippen molar-refractivity contribution in [1.82, 2.24) is 9.62 Å². The Kier molecular flexibility index (Phi) is 6.45. The van der Waals surface area contributed by atoms with Gasteiger partial charge in [0.2, 0.25) is 16.0 Å². The van der Waals surface area contributed by atoms with Crippen molar-refractivity contribution >= 4 is 15.9 Å². The summed E-state index contributed by atoms with van der Waals surface area (Å²) in [7, 11) is -4.36. The minimum absolute atomic E-state index is 0.0118. The second-order valence-corrected chi connectivity index (χ2v) is 10.7. The molecule has 0 radical (unpaired) electrons. The number of amides is 1. The van der Waals surface area contributed by atoms with Crippen LogP contribution in [0.25, 0.3) is 11.1 Å². The molecule has 1 saturated heterocycles. The van der Waals surface area contributed by atoms with Gasteiger partial charge in [0.25, 0.3) is 5.91 Å². The van der Waals surface area contributed by atoms with E-state index in [1.165, 1.54) is 12.1 Å². The lowest BCUT2D eigenvalue weighted by Gasteiger charge is -2.30. The lowest BCUT2D eigenvalue weighted by atomic mass is 9.91. The van der Waals surface area contributed by atoms with Crippen LogP contribution in [0.3, 0.4) is 0 Å². The van der Waals surface area contributed by atoms with Gasteiger partial charge in [0.15, 0.2) is 6.17 Å². The van der Waals surface area contributed by atoms with E-state index in [1.54, 1.807) is 0 Å². The van der Waals surface area contributed by atoms with Crippen LogP contribution in [0.1, 0.15) is 25.3 Å². The summed E-state index contributed by atoms with van der Waals surface area (Å²) in [5, 5.41) is 0. The van der Waals surface area contributed by atoms with Crippen molar-refractivity contribution in [3.63, 3.8) is 0 Å². The summed E-state index contributed by atoms with van der Waals surface area (Å²) < 4.78 is 97.0. The predicted octanol–water partition coefficient (Wildman–Crippen LogP) is 3.88. The molecule has 0 bridgehead atoms. The fourth-order valence-corrected chi connectivity index (χ4v) is 5.64. The van der Waals surface area contributed by atoms with E-state index in [-0.39, 0.29) is 29.7 Å². The van der Waals surface area contributed by atoms with Crippen LogP contribution < -0.4 is 4.72 Å². The molecular formula is C23H23F5N2O3S. The third-order valence-electron chi connectivity index (χ3n) is 6.57. The number of likely N-dealkylation sites (tertiary alicyclic amines) is 1. The molecule has 1 aliphatic carbocycles. The number of hydrogen-bond donors (Lipinski definition) is 1. The Morgan fingerprint density at radius 1 is 1.18 bits per heavy atom. The smallest absolute Gasteiger partial charge is 0.257 e. The van der Waals surface area contributed by atoms with Crippen molar-refractivity contribution in [3.8, 4) is 11.1 Å². The average Bonchev–Trinajstić information content (AvgIpc) is 3.50. The van der Waals surface area contributed by atoms with Gasteiger partial charge >= 0.3 is 0 Å². The van der Waals surface area contributed by atoms with Crippen LogP contribution in [-0.2, 0) is 21.2 Å². The van der Waals surface area contributed by atoms with E-state index in [9.17, 15) is 30.8 Å². The molecule has 1 N–H and O–H groups in total. The van der Waals surface area contributed by atoms with Gasteiger partial charge in [-0.05, 0) is 61.6 Å². The Morgan fingerprint density at radius 3 is 2.47 bits per heavy atom. The Morgan fingerprint density at radius 2 is 1.88 bits per heavy atom. The van der Waals surface area contributed by atoms with E-state index < -0.39 is 63.1 Å². The maximum absolute atomic E-state index is 15.5. The first-order valence-corrected chi connectivity index (χ1v) is 12.4. The van der Waals surface area contributed by atoms with Gasteiger partial charge in [-0.3, -0.25) is 4.79 Å². The molecule has 34 heavy (non-hydrogen) atoms. The zero-order valence-electron chi connectivity index (χ0n) is 18.2. The molecule has 0 unspecified atom stereocenters. The van der Waals surface area contributed by atoms with E-state index in [1.807, 2.05) is 0 Å². The molecule has 3 atom stereocenters. The number of carbonyl (C=O) groups excluding carboxylic acids is 1. The van der Waals surface area contributed by atoms with Crippen LogP contribution in [0.5, 0.6) is 0 Å². The quantitative estimate of drug-likeness (QED) is 0.585. The van der Waals surface area contributed by atoms with Crippen LogP contribution >= 0.6 is 0 Å².